The minimum absolute atomic E-state index is 0.0841. The number of carbonyl (C=O) groups is 3. The molecule has 0 aromatic heterocycles. The highest BCUT2D eigenvalue weighted by Crippen LogP contribution is 2.16. The maximum atomic E-state index is 12.9. The molecule has 0 aliphatic heterocycles. The van der Waals surface area contributed by atoms with Gasteiger partial charge in [0.1, 0.15) is 13.2 Å². The Morgan fingerprint density at radius 1 is 0.256 bits per heavy atom. The van der Waals surface area contributed by atoms with E-state index in [0.29, 0.717) is 19.3 Å². The summed E-state index contributed by atoms with van der Waals surface area (Å²) in [5.74, 6) is -0.894. The topological polar surface area (TPSA) is 78.9 Å². The van der Waals surface area contributed by atoms with Gasteiger partial charge in [0.25, 0.3) is 0 Å². The van der Waals surface area contributed by atoms with Crippen LogP contribution in [0.25, 0.3) is 0 Å². The molecular weight excluding hydrogens is 1010 g/mol. The molecule has 0 N–H and O–H groups in total. The van der Waals surface area contributed by atoms with Gasteiger partial charge in [0.2, 0.25) is 0 Å². The number of esters is 3. The van der Waals surface area contributed by atoms with Gasteiger partial charge in [0.05, 0.1) is 0 Å². The molecule has 0 saturated heterocycles. The van der Waals surface area contributed by atoms with Gasteiger partial charge in [-0.25, -0.2) is 0 Å². The van der Waals surface area contributed by atoms with Crippen LogP contribution >= 0.6 is 0 Å². The summed E-state index contributed by atoms with van der Waals surface area (Å²) in [4.78, 5) is 38.4. The van der Waals surface area contributed by atoms with Crippen molar-refractivity contribution in [3.8, 4) is 0 Å². The zero-order valence-electron chi connectivity index (χ0n) is 53.7. The highest BCUT2D eigenvalue weighted by atomic mass is 16.6. The number of ether oxygens (including phenoxy) is 3. The third kappa shape index (κ3) is 66.6. The summed E-state index contributed by atoms with van der Waals surface area (Å²) < 4.78 is 16.9. The maximum Gasteiger partial charge on any atom is 0.306 e. The summed E-state index contributed by atoms with van der Waals surface area (Å²) in [6.45, 7) is 6.52. The zero-order chi connectivity index (χ0) is 59.2. The number of carbonyl (C=O) groups excluding carboxylic acids is 3. The van der Waals surface area contributed by atoms with E-state index >= 15 is 0 Å². The van der Waals surface area contributed by atoms with E-state index in [9.17, 15) is 14.4 Å². The number of unbranched alkanes of at least 4 members (excludes halogenated alkanes) is 31. The van der Waals surface area contributed by atoms with Crippen LogP contribution in [0.15, 0.2) is 122 Å². The maximum absolute atomic E-state index is 12.9. The minimum atomic E-state index is -0.790. The standard InChI is InChI=1S/C76H128O6/c1-4-7-10-13-16-19-22-25-27-29-31-33-34-35-36-37-38-39-40-41-42-44-45-47-49-51-54-57-60-63-66-69-75(78)81-72-73(71-80-74(77)68-65-62-59-56-53-24-21-18-15-12-9-6-3)82-76(79)70-67-64-61-58-55-52-50-48-46-43-32-30-28-26-23-20-17-14-11-8-5-2/h7,10,16,19,23,25-27,30-33,35-36,38-39,41-42,46,48,73H,4-6,8-9,11-15,17-18,20-22,24,28-29,34,37,40,43-45,47,49-72H2,1-3H3/b10-7-,19-16-,26-23-,27-25-,32-30-,33-31-,36-35-,39-38-,42-41-,48-46-. The summed E-state index contributed by atoms with van der Waals surface area (Å²) in [5, 5.41) is 0. The number of hydrogen-bond donors (Lipinski definition) is 0. The molecular formula is C76H128O6. The van der Waals surface area contributed by atoms with Gasteiger partial charge in [-0.05, 0) is 116 Å². The lowest BCUT2D eigenvalue weighted by atomic mass is 10.0. The number of rotatable bonds is 62. The third-order valence-corrected chi connectivity index (χ3v) is 14.7. The van der Waals surface area contributed by atoms with Crippen molar-refractivity contribution in [2.24, 2.45) is 0 Å². The molecule has 6 nitrogen and oxygen atoms in total. The first-order chi connectivity index (χ1) is 40.5. The van der Waals surface area contributed by atoms with Gasteiger partial charge in [0.15, 0.2) is 6.10 Å². The van der Waals surface area contributed by atoms with Crippen molar-refractivity contribution in [2.75, 3.05) is 13.2 Å². The molecule has 0 bridgehead atoms. The fourth-order valence-corrected chi connectivity index (χ4v) is 9.55. The van der Waals surface area contributed by atoms with Crippen LogP contribution < -0.4 is 0 Å². The van der Waals surface area contributed by atoms with Gasteiger partial charge in [-0.1, -0.05) is 309 Å². The first-order valence-electron chi connectivity index (χ1n) is 34.5. The fraction of sp³-hybridized carbons (Fsp3) is 0.697. The van der Waals surface area contributed by atoms with Gasteiger partial charge >= 0.3 is 17.9 Å². The molecule has 0 aromatic carbocycles. The second-order valence-corrected chi connectivity index (χ2v) is 22.7. The van der Waals surface area contributed by atoms with Crippen LogP contribution in [0.3, 0.4) is 0 Å². The lowest BCUT2D eigenvalue weighted by Crippen LogP contribution is -2.30. The number of allylic oxidation sites excluding steroid dienone is 20. The quantitative estimate of drug-likeness (QED) is 0.0261. The van der Waals surface area contributed by atoms with Crippen LogP contribution in [0.1, 0.15) is 323 Å². The van der Waals surface area contributed by atoms with Crippen LogP contribution in [0.5, 0.6) is 0 Å². The van der Waals surface area contributed by atoms with Crippen molar-refractivity contribution in [1.82, 2.24) is 0 Å². The third-order valence-electron chi connectivity index (χ3n) is 14.7. The Bertz CT molecular complexity index is 1690. The van der Waals surface area contributed by atoms with Crippen molar-refractivity contribution in [2.45, 2.75) is 329 Å². The molecule has 0 fully saturated rings. The summed E-state index contributed by atoms with van der Waals surface area (Å²) in [6, 6.07) is 0. The largest absolute Gasteiger partial charge is 0.462 e. The molecule has 468 valence electrons. The van der Waals surface area contributed by atoms with E-state index < -0.39 is 6.10 Å². The Balaban J connectivity index is 4.31. The highest BCUT2D eigenvalue weighted by molar-refractivity contribution is 5.71. The summed E-state index contributed by atoms with van der Waals surface area (Å²) in [6.07, 6.45) is 96.4. The molecule has 6 heteroatoms. The zero-order valence-corrected chi connectivity index (χ0v) is 53.7. The Labute approximate surface area is 507 Å². The van der Waals surface area contributed by atoms with Gasteiger partial charge in [0, 0.05) is 19.3 Å². The van der Waals surface area contributed by atoms with Crippen LogP contribution in [-0.2, 0) is 28.6 Å². The lowest BCUT2D eigenvalue weighted by Gasteiger charge is -2.18. The second-order valence-electron chi connectivity index (χ2n) is 22.7. The first-order valence-corrected chi connectivity index (χ1v) is 34.5. The molecule has 0 amide bonds. The Kier molecular flexibility index (Phi) is 65.8. The predicted molar refractivity (Wildman–Crippen MR) is 357 cm³/mol. The molecule has 0 aromatic rings. The first kappa shape index (κ1) is 77.8. The molecule has 0 spiro atoms. The average Bonchev–Trinajstić information content (AvgIpc) is 3.47. The Morgan fingerprint density at radius 3 is 0.744 bits per heavy atom. The van der Waals surface area contributed by atoms with Crippen LogP contribution in [-0.4, -0.2) is 37.2 Å². The summed E-state index contributed by atoms with van der Waals surface area (Å²) in [7, 11) is 0. The van der Waals surface area contributed by atoms with Crippen LogP contribution in [0.4, 0.5) is 0 Å². The van der Waals surface area contributed by atoms with Gasteiger partial charge < -0.3 is 14.2 Å². The Morgan fingerprint density at radius 2 is 0.476 bits per heavy atom. The molecule has 0 heterocycles. The van der Waals surface area contributed by atoms with Crippen LogP contribution in [0, 0.1) is 0 Å². The lowest BCUT2D eigenvalue weighted by molar-refractivity contribution is -0.167. The van der Waals surface area contributed by atoms with E-state index in [0.717, 1.165) is 135 Å². The molecule has 0 aliphatic rings. The van der Waals surface area contributed by atoms with E-state index in [4.69, 9.17) is 14.2 Å². The minimum Gasteiger partial charge on any atom is -0.462 e. The van der Waals surface area contributed by atoms with Gasteiger partial charge in [-0.15, -0.1) is 0 Å². The highest BCUT2D eigenvalue weighted by Gasteiger charge is 2.19. The average molecular weight is 1140 g/mol. The number of hydrogen-bond acceptors (Lipinski definition) is 6. The SMILES string of the molecule is CC/C=C\C/C=C\C/C=C\C/C=C\C/C=C\C/C=C\C/C=C\CCCCCCCCCCCC(=O)OCC(COC(=O)CCCCCCCCCCCCCC)OC(=O)CCCCCCCC/C=C\C/C=C\C/C=C\CCCCCCC. The van der Waals surface area contributed by atoms with Gasteiger partial charge in [-0.3, -0.25) is 14.4 Å². The second kappa shape index (κ2) is 69.3. The van der Waals surface area contributed by atoms with Crippen molar-refractivity contribution in [3.63, 3.8) is 0 Å². The van der Waals surface area contributed by atoms with Crippen molar-refractivity contribution in [1.29, 1.82) is 0 Å². The van der Waals surface area contributed by atoms with E-state index in [1.165, 1.54) is 148 Å². The molecule has 0 radical (unpaired) electrons. The molecule has 82 heavy (non-hydrogen) atoms. The van der Waals surface area contributed by atoms with Gasteiger partial charge in [-0.2, -0.15) is 0 Å². The normalized spacial score (nSPS) is 12.9. The summed E-state index contributed by atoms with van der Waals surface area (Å²) >= 11 is 0. The monoisotopic (exact) mass is 1140 g/mol. The molecule has 0 aliphatic carbocycles. The van der Waals surface area contributed by atoms with E-state index in [1.807, 2.05) is 0 Å². The van der Waals surface area contributed by atoms with Crippen molar-refractivity contribution in [3.05, 3.63) is 122 Å². The molecule has 0 rings (SSSR count). The smallest absolute Gasteiger partial charge is 0.306 e. The Hall–Kier alpha value is -4.19. The molecule has 0 saturated carbocycles. The fourth-order valence-electron chi connectivity index (χ4n) is 9.55. The van der Waals surface area contributed by atoms with E-state index in [1.54, 1.807) is 0 Å². The van der Waals surface area contributed by atoms with E-state index in [2.05, 4.69) is 142 Å². The molecule has 1 atom stereocenters. The van der Waals surface area contributed by atoms with Crippen LogP contribution in [0.2, 0.25) is 0 Å². The van der Waals surface area contributed by atoms with E-state index in [-0.39, 0.29) is 31.1 Å². The van der Waals surface area contributed by atoms with Crippen molar-refractivity contribution < 1.29 is 28.6 Å². The molecule has 1 unspecified atom stereocenters. The van der Waals surface area contributed by atoms with Crippen molar-refractivity contribution >= 4 is 17.9 Å². The summed E-state index contributed by atoms with van der Waals surface area (Å²) in [5.41, 5.74) is 0. The predicted octanol–water partition coefficient (Wildman–Crippen LogP) is 23.9.